The molecule has 0 unspecified atom stereocenters. The fourth-order valence-electron chi connectivity index (χ4n) is 2.01. The quantitative estimate of drug-likeness (QED) is 0.320. The Kier molecular flexibility index (Phi) is 9.95. The van der Waals surface area contributed by atoms with Gasteiger partial charge in [0.25, 0.3) is 0 Å². The van der Waals surface area contributed by atoms with Gasteiger partial charge in [-0.1, -0.05) is 83.0 Å². The molecular weight excluding hydrogens is 415 g/mol. The van der Waals surface area contributed by atoms with Crippen LogP contribution in [-0.4, -0.2) is 24.9 Å². The van der Waals surface area contributed by atoms with Gasteiger partial charge in [-0.2, -0.15) is 0 Å². The number of carbonyl (C=O) groups excluding carboxylic acids is 1. The molecule has 0 saturated heterocycles. The van der Waals surface area contributed by atoms with E-state index in [0.717, 1.165) is 11.1 Å². The third kappa shape index (κ3) is 8.50. The Morgan fingerprint density at radius 3 is 2.10 bits per heavy atom. The molecule has 6 nitrogen and oxygen atoms in total. The fraction of sp³-hybridized carbons (Fsp3) is 0.143. The number of rotatable bonds is 10. The molecule has 0 aliphatic rings. The number of nitrogens with zero attached hydrogens (tertiary/aromatic N) is 1. The largest absolute Gasteiger partial charge is 0.391 e. The smallest absolute Gasteiger partial charge is 0.376 e. The Bertz CT molecular complexity index is 898. The van der Waals surface area contributed by atoms with E-state index in [1.165, 1.54) is 6.92 Å². The number of hydrogen-bond acceptors (Lipinski definition) is 6. The summed E-state index contributed by atoms with van der Waals surface area (Å²) in [7, 11) is 0. The molecule has 8 heteroatoms. The summed E-state index contributed by atoms with van der Waals surface area (Å²) >= 11 is 12.1. The maximum absolute atomic E-state index is 11.7. The summed E-state index contributed by atoms with van der Waals surface area (Å²) in [6, 6.07) is 14.8. The second-order valence-corrected chi connectivity index (χ2v) is 6.42. The fourth-order valence-corrected chi connectivity index (χ4v) is 2.41. The molecule has 152 valence electrons. The molecule has 0 fully saturated rings. The predicted octanol–water partition coefficient (Wildman–Crippen LogP) is 5.09. The molecule has 2 rings (SSSR count). The Labute approximate surface area is 179 Å². The predicted molar refractivity (Wildman–Crippen MR) is 115 cm³/mol. The van der Waals surface area contributed by atoms with E-state index in [1.807, 2.05) is 36.4 Å². The van der Waals surface area contributed by atoms with Crippen molar-refractivity contribution in [3.8, 4) is 0 Å². The van der Waals surface area contributed by atoms with Crippen LogP contribution in [0, 0.1) is 0 Å². The first-order valence-corrected chi connectivity index (χ1v) is 9.40. The highest BCUT2D eigenvalue weighted by atomic mass is 35.5. The SMILES string of the molecule is CC(=NOC/C=C/c1ccccc1Cl)C(=O)ONOC/C=C/c1ccccc1Cl. The monoisotopic (exact) mass is 434 g/mol. The summed E-state index contributed by atoms with van der Waals surface area (Å²) < 4.78 is 0. The highest BCUT2D eigenvalue weighted by molar-refractivity contribution is 6.35. The van der Waals surface area contributed by atoms with Crippen LogP contribution in [0.4, 0.5) is 0 Å². The van der Waals surface area contributed by atoms with E-state index in [-0.39, 0.29) is 18.9 Å². The third-order valence-electron chi connectivity index (χ3n) is 3.45. The van der Waals surface area contributed by atoms with Gasteiger partial charge < -0.3 is 9.68 Å². The first-order valence-electron chi connectivity index (χ1n) is 8.64. The van der Waals surface area contributed by atoms with Gasteiger partial charge in [0.05, 0.1) is 6.61 Å². The molecule has 0 aromatic heterocycles. The molecule has 2 aromatic carbocycles. The van der Waals surface area contributed by atoms with Crippen molar-refractivity contribution in [2.45, 2.75) is 6.92 Å². The van der Waals surface area contributed by atoms with Crippen LogP contribution in [0.3, 0.4) is 0 Å². The van der Waals surface area contributed by atoms with E-state index in [1.54, 1.807) is 36.4 Å². The van der Waals surface area contributed by atoms with E-state index in [2.05, 4.69) is 10.8 Å². The molecule has 0 amide bonds. The topological polar surface area (TPSA) is 69.2 Å². The number of halogens is 2. The van der Waals surface area contributed by atoms with Crippen molar-refractivity contribution in [2.75, 3.05) is 13.2 Å². The molecule has 29 heavy (non-hydrogen) atoms. The minimum atomic E-state index is -0.727. The lowest BCUT2D eigenvalue weighted by Crippen LogP contribution is -2.25. The molecular formula is C21H20Cl2N2O4. The van der Waals surface area contributed by atoms with Crippen LogP contribution in [0.25, 0.3) is 12.2 Å². The molecule has 0 heterocycles. The number of hydrogen-bond donors (Lipinski definition) is 1. The van der Waals surface area contributed by atoms with E-state index in [0.29, 0.717) is 10.0 Å². The minimum absolute atomic E-state index is 0.0267. The van der Waals surface area contributed by atoms with Crippen LogP contribution in [0.15, 0.2) is 65.8 Å². The molecule has 0 saturated carbocycles. The van der Waals surface area contributed by atoms with Gasteiger partial charge in [0.2, 0.25) is 0 Å². The van der Waals surface area contributed by atoms with Crippen molar-refractivity contribution < 1.29 is 19.3 Å². The van der Waals surface area contributed by atoms with Crippen molar-refractivity contribution in [3.05, 3.63) is 81.9 Å². The van der Waals surface area contributed by atoms with Crippen LogP contribution in [0.1, 0.15) is 18.1 Å². The normalized spacial score (nSPS) is 11.9. The molecule has 0 bridgehead atoms. The van der Waals surface area contributed by atoms with Crippen LogP contribution in [0.2, 0.25) is 10.0 Å². The standard InChI is InChI=1S/C21H20Cl2N2O4/c1-16(24-27-14-6-10-17-8-2-4-12-19(17)22)21(26)29-25-28-15-7-11-18-9-3-5-13-20(18)23/h2-13,25H,14-15H2,1H3/b10-6+,11-7+,24-16?. The zero-order valence-electron chi connectivity index (χ0n) is 15.7. The van der Waals surface area contributed by atoms with Crippen LogP contribution >= 0.6 is 23.2 Å². The summed E-state index contributed by atoms with van der Waals surface area (Å²) in [6.45, 7) is 1.80. The Hall–Kier alpha value is -2.64. The summed E-state index contributed by atoms with van der Waals surface area (Å²) in [5.41, 5.74) is 3.85. The summed E-state index contributed by atoms with van der Waals surface area (Å²) in [5, 5.41) is 4.95. The zero-order valence-corrected chi connectivity index (χ0v) is 17.2. The zero-order chi connectivity index (χ0) is 20.9. The Balaban J connectivity index is 1.63. The van der Waals surface area contributed by atoms with Crippen LogP contribution < -0.4 is 5.64 Å². The lowest BCUT2D eigenvalue weighted by Gasteiger charge is -2.04. The number of carbonyl (C=O) groups is 1. The van der Waals surface area contributed by atoms with Gasteiger partial charge in [-0.15, -0.1) is 0 Å². The van der Waals surface area contributed by atoms with Gasteiger partial charge >= 0.3 is 5.97 Å². The summed E-state index contributed by atoms with van der Waals surface area (Å²) in [6.07, 6.45) is 7.05. The van der Waals surface area contributed by atoms with Gasteiger partial charge in [-0.25, -0.2) is 4.79 Å². The highest BCUT2D eigenvalue weighted by Crippen LogP contribution is 2.16. The summed E-state index contributed by atoms with van der Waals surface area (Å²) in [5.74, 6) is -0.727. The second kappa shape index (κ2) is 12.7. The molecule has 2 aromatic rings. The van der Waals surface area contributed by atoms with E-state index >= 15 is 0 Å². The van der Waals surface area contributed by atoms with Crippen LogP contribution in [-0.2, 0) is 19.3 Å². The average molecular weight is 435 g/mol. The third-order valence-corrected chi connectivity index (χ3v) is 4.13. The van der Waals surface area contributed by atoms with Crippen molar-refractivity contribution in [2.24, 2.45) is 5.16 Å². The first kappa shape index (κ1) is 22.6. The number of benzene rings is 2. The highest BCUT2D eigenvalue weighted by Gasteiger charge is 2.08. The first-order chi connectivity index (χ1) is 14.1. The average Bonchev–Trinajstić information content (AvgIpc) is 2.72. The van der Waals surface area contributed by atoms with Gasteiger partial charge in [-0.05, 0) is 41.9 Å². The molecule has 0 spiro atoms. The molecule has 0 aliphatic heterocycles. The van der Waals surface area contributed by atoms with Crippen molar-refractivity contribution >= 4 is 47.0 Å². The maximum Gasteiger partial charge on any atom is 0.376 e. The van der Waals surface area contributed by atoms with Gasteiger partial charge in [0.1, 0.15) is 6.61 Å². The van der Waals surface area contributed by atoms with Crippen molar-refractivity contribution in [1.29, 1.82) is 0 Å². The summed E-state index contributed by atoms with van der Waals surface area (Å²) in [4.78, 5) is 26.5. The maximum atomic E-state index is 11.7. The second-order valence-electron chi connectivity index (χ2n) is 5.60. The molecule has 0 radical (unpaired) electrons. The van der Waals surface area contributed by atoms with E-state index in [9.17, 15) is 4.79 Å². The van der Waals surface area contributed by atoms with E-state index < -0.39 is 5.97 Å². The van der Waals surface area contributed by atoms with Gasteiger partial charge in [0.15, 0.2) is 5.71 Å². The lowest BCUT2D eigenvalue weighted by molar-refractivity contribution is -0.180. The van der Waals surface area contributed by atoms with Gasteiger partial charge in [-0.3, -0.25) is 4.84 Å². The molecule has 1 N–H and O–H groups in total. The Morgan fingerprint density at radius 2 is 1.52 bits per heavy atom. The van der Waals surface area contributed by atoms with Crippen molar-refractivity contribution in [3.63, 3.8) is 0 Å². The minimum Gasteiger partial charge on any atom is -0.391 e. The van der Waals surface area contributed by atoms with Crippen molar-refractivity contribution in [1.82, 2.24) is 5.64 Å². The van der Waals surface area contributed by atoms with Gasteiger partial charge in [0, 0.05) is 10.0 Å². The molecule has 0 aliphatic carbocycles. The number of oxime groups is 1. The lowest BCUT2D eigenvalue weighted by atomic mass is 10.2. The number of nitrogens with one attached hydrogen (secondary N) is 1. The Morgan fingerprint density at radius 1 is 0.966 bits per heavy atom. The van der Waals surface area contributed by atoms with E-state index in [4.69, 9.17) is 37.7 Å². The van der Waals surface area contributed by atoms with Crippen LogP contribution in [0.5, 0.6) is 0 Å². The molecule has 0 atom stereocenters.